The van der Waals surface area contributed by atoms with Crippen LogP contribution in [0.1, 0.15) is 79.1 Å². The molecular weight excluding hydrogens is 192 g/mol. The molecule has 0 aliphatic heterocycles. The lowest BCUT2D eigenvalue weighted by Crippen LogP contribution is -1.68. The number of rotatable bonds is 8. The van der Waals surface area contributed by atoms with Crippen molar-refractivity contribution in [3.8, 4) is 0 Å². The molecule has 0 aromatic carbocycles. The Balaban J connectivity index is 0. The van der Waals surface area contributed by atoms with E-state index in [0.717, 1.165) is 0 Å². The Labute approximate surface area is 104 Å². The maximum absolute atomic E-state index is 2.27. The molecule has 0 heteroatoms. The molecule has 0 aromatic rings. The van der Waals surface area contributed by atoms with Crippen LogP contribution < -0.4 is 0 Å². The smallest absolute Gasteiger partial charge is 0.0351 e. The zero-order chi connectivity index (χ0) is 12.5. The summed E-state index contributed by atoms with van der Waals surface area (Å²) in [5.74, 6) is 0. The molecule has 0 unspecified atom stereocenters. The summed E-state index contributed by atoms with van der Waals surface area (Å²) >= 11 is 0. The molecule has 0 atom stereocenters. The summed E-state index contributed by atoms with van der Waals surface area (Å²) in [6.07, 6.45) is 19.3. The minimum atomic E-state index is 1.18. The Morgan fingerprint density at radius 2 is 1.31 bits per heavy atom. The van der Waals surface area contributed by atoms with E-state index in [1.165, 1.54) is 51.4 Å². The SMILES string of the molecule is C/C=C\CCCCC.CC/C=C/CCCC. The molecule has 0 saturated heterocycles. The molecule has 0 aliphatic carbocycles. The maximum atomic E-state index is 2.27. The molecule has 96 valence electrons. The van der Waals surface area contributed by atoms with Gasteiger partial charge in [-0.05, 0) is 32.6 Å². The first-order valence-electron chi connectivity index (χ1n) is 7.09. The predicted molar refractivity (Wildman–Crippen MR) is 77.9 cm³/mol. The van der Waals surface area contributed by atoms with Crippen molar-refractivity contribution < 1.29 is 0 Å². The number of unbranched alkanes of at least 4 members (excludes halogenated alkanes) is 5. The highest BCUT2D eigenvalue weighted by molar-refractivity contribution is 4.79. The third kappa shape index (κ3) is 23.4. The van der Waals surface area contributed by atoms with Gasteiger partial charge in [0.15, 0.2) is 0 Å². The Morgan fingerprint density at radius 1 is 0.688 bits per heavy atom. The van der Waals surface area contributed by atoms with E-state index in [4.69, 9.17) is 0 Å². The van der Waals surface area contributed by atoms with Gasteiger partial charge < -0.3 is 0 Å². The highest BCUT2D eigenvalue weighted by atomic mass is 13.8. The van der Waals surface area contributed by atoms with Crippen molar-refractivity contribution >= 4 is 0 Å². The fourth-order valence-corrected chi connectivity index (χ4v) is 1.29. The van der Waals surface area contributed by atoms with Gasteiger partial charge in [0.1, 0.15) is 0 Å². The van der Waals surface area contributed by atoms with Crippen molar-refractivity contribution in [3.05, 3.63) is 24.3 Å². The number of allylic oxidation sites excluding steroid dienone is 4. The van der Waals surface area contributed by atoms with E-state index < -0.39 is 0 Å². The lowest BCUT2D eigenvalue weighted by Gasteiger charge is -1.88. The fraction of sp³-hybridized carbons (Fsp3) is 0.750. The molecule has 0 fully saturated rings. The zero-order valence-electron chi connectivity index (χ0n) is 12.0. The summed E-state index contributed by atoms with van der Waals surface area (Å²) in [5, 5.41) is 0. The average molecular weight is 224 g/mol. The summed E-state index contributed by atoms with van der Waals surface area (Å²) in [7, 11) is 0. The van der Waals surface area contributed by atoms with Gasteiger partial charge in [0.2, 0.25) is 0 Å². The molecular formula is C16H32. The van der Waals surface area contributed by atoms with E-state index in [1.807, 2.05) is 0 Å². The molecule has 0 spiro atoms. The molecule has 0 aromatic heterocycles. The first kappa shape index (κ1) is 17.9. The predicted octanol–water partition coefficient (Wildman–Crippen LogP) is 6.29. The van der Waals surface area contributed by atoms with E-state index in [0.29, 0.717) is 0 Å². The van der Waals surface area contributed by atoms with Gasteiger partial charge in [-0.2, -0.15) is 0 Å². The van der Waals surface area contributed by atoms with Crippen LogP contribution in [0.5, 0.6) is 0 Å². The summed E-state index contributed by atoms with van der Waals surface area (Å²) in [5.41, 5.74) is 0. The van der Waals surface area contributed by atoms with Crippen LogP contribution in [0.25, 0.3) is 0 Å². The lowest BCUT2D eigenvalue weighted by molar-refractivity contribution is 0.729. The largest absolute Gasteiger partial charge is 0.0917 e. The lowest BCUT2D eigenvalue weighted by atomic mass is 10.2. The van der Waals surface area contributed by atoms with Gasteiger partial charge in [-0.1, -0.05) is 70.8 Å². The van der Waals surface area contributed by atoms with E-state index in [2.05, 4.69) is 52.0 Å². The van der Waals surface area contributed by atoms with Crippen molar-refractivity contribution in [1.29, 1.82) is 0 Å². The molecule has 0 saturated carbocycles. The zero-order valence-corrected chi connectivity index (χ0v) is 12.0. The Morgan fingerprint density at radius 3 is 1.81 bits per heavy atom. The molecule has 0 radical (unpaired) electrons. The molecule has 0 rings (SSSR count). The van der Waals surface area contributed by atoms with Crippen LogP contribution in [-0.4, -0.2) is 0 Å². The van der Waals surface area contributed by atoms with Gasteiger partial charge in [0.25, 0.3) is 0 Å². The second-order valence-corrected chi connectivity index (χ2v) is 4.09. The van der Waals surface area contributed by atoms with Crippen LogP contribution in [0.15, 0.2) is 24.3 Å². The monoisotopic (exact) mass is 224 g/mol. The van der Waals surface area contributed by atoms with Crippen LogP contribution in [-0.2, 0) is 0 Å². The molecule has 0 bridgehead atoms. The number of hydrogen-bond donors (Lipinski definition) is 0. The highest BCUT2D eigenvalue weighted by Crippen LogP contribution is 1.98. The van der Waals surface area contributed by atoms with Crippen LogP contribution in [0.2, 0.25) is 0 Å². The van der Waals surface area contributed by atoms with Crippen molar-refractivity contribution in [2.24, 2.45) is 0 Å². The highest BCUT2D eigenvalue weighted by Gasteiger charge is 1.78. The number of hydrogen-bond acceptors (Lipinski definition) is 0. The van der Waals surface area contributed by atoms with Gasteiger partial charge in [0.05, 0.1) is 0 Å². The molecule has 0 N–H and O–H groups in total. The van der Waals surface area contributed by atoms with Crippen molar-refractivity contribution in [1.82, 2.24) is 0 Å². The molecule has 0 amide bonds. The van der Waals surface area contributed by atoms with Gasteiger partial charge in [-0.15, -0.1) is 0 Å². The second-order valence-electron chi connectivity index (χ2n) is 4.09. The van der Waals surface area contributed by atoms with Crippen LogP contribution in [0.4, 0.5) is 0 Å². The summed E-state index contributed by atoms with van der Waals surface area (Å²) < 4.78 is 0. The first-order valence-corrected chi connectivity index (χ1v) is 7.09. The topological polar surface area (TPSA) is 0 Å². The average Bonchev–Trinajstić information content (AvgIpc) is 2.31. The van der Waals surface area contributed by atoms with Crippen molar-refractivity contribution in [3.63, 3.8) is 0 Å². The fourth-order valence-electron chi connectivity index (χ4n) is 1.29. The molecule has 0 nitrogen and oxygen atoms in total. The first-order chi connectivity index (χ1) is 7.83. The summed E-state index contributed by atoms with van der Waals surface area (Å²) in [4.78, 5) is 0. The molecule has 0 aliphatic rings. The normalized spacial score (nSPS) is 10.8. The summed E-state index contributed by atoms with van der Waals surface area (Å²) in [6, 6.07) is 0. The van der Waals surface area contributed by atoms with Crippen molar-refractivity contribution in [2.45, 2.75) is 79.1 Å². The van der Waals surface area contributed by atoms with Gasteiger partial charge in [-0.3, -0.25) is 0 Å². The van der Waals surface area contributed by atoms with Crippen LogP contribution in [0.3, 0.4) is 0 Å². The van der Waals surface area contributed by atoms with Gasteiger partial charge >= 0.3 is 0 Å². The van der Waals surface area contributed by atoms with E-state index >= 15 is 0 Å². The van der Waals surface area contributed by atoms with E-state index in [1.54, 1.807) is 0 Å². The van der Waals surface area contributed by atoms with Crippen LogP contribution in [0, 0.1) is 0 Å². The Hall–Kier alpha value is -0.520. The minimum Gasteiger partial charge on any atom is -0.0917 e. The Bertz CT molecular complexity index is 142. The summed E-state index contributed by atoms with van der Waals surface area (Å²) in [6.45, 7) is 8.70. The van der Waals surface area contributed by atoms with E-state index in [-0.39, 0.29) is 0 Å². The Kier molecular flexibility index (Phi) is 22.3. The third-order valence-corrected chi connectivity index (χ3v) is 2.34. The third-order valence-electron chi connectivity index (χ3n) is 2.34. The molecule has 16 heavy (non-hydrogen) atoms. The quantitative estimate of drug-likeness (QED) is 0.336. The molecule has 0 heterocycles. The van der Waals surface area contributed by atoms with Crippen LogP contribution >= 0.6 is 0 Å². The van der Waals surface area contributed by atoms with Gasteiger partial charge in [0, 0.05) is 0 Å². The van der Waals surface area contributed by atoms with Crippen molar-refractivity contribution in [2.75, 3.05) is 0 Å². The van der Waals surface area contributed by atoms with Gasteiger partial charge in [-0.25, -0.2) is 0 Å². The minimum absolute atomic E-state index is 1.18. The standard InChI is InChI=1S/2C8H16/c2*1-3-5-7-8-6-4-2/h5,7H,3-4,6,8H2,1-2H3;3,5H,4,6-8H2,1-2H3/b7-5+;5-3-. The van der Waals surface area contributed by atoms with E-state index in [9.17, 15) is 0 Å². The maximum Gasteiger partial charge on any atom is -0.0351 e. The second kappa shape index (κ2) is 20.0.